The van der Waals surface area contributed by atoms with Gasteiger partial charge in [0.2, 0.25) is 5.91 Å². The van der Waals surface area contributed by atoms with Crippen LogP contribution in [-0.4, -0.2) is 26.1 Å². The van der Waals surface area contributed by atoms with E-state index in [0.29, 0.717) is 16.5 Å². The zero-order valence-corrected chi connectivity index (χ0v) is 19.2. The van der Waals surface area contributed by atoms with Gasteiger partial charge < -0.3 is 10.1 Å². The molecule has 0 aliphatic rings. The van der Waals surface area contributed by atoms with E-state index in [1.165, 1.54) is 6.92 Å². The molecule has 0 spiro atoms. The number of ether oxygens (including phenoxy) is 1. The summed E-state index contributed by atoms with van der Waals surface area (Å²) in [6.07, 6.45) is 1.81. The molecule has 0 fully saturated rings. The maximum Gasteiger partial charge on any atom is 0.217 e. The number of amides is 1. The van der Waals surface area contributed by atoms with Crippen molar-refractivity contribution in [2.24, 2.45) is 0 Å². The van der Waals surface area contributed by atoms with E-state index in [4.69, 9.17) is 21.3 Å². The van der Waals surface area contributed by atoms with Crippen molar-refractivity contribution in [3.8, 4) is 17.0 Å². The summed E-state index contributed by atoms with van der Waals surface area (Å²) in [6.45, 7) is 7.79. The van der Waals surface area contributed by atoms with E-state index in [-0.39, 0.29) is 19.1 Å². The molecule has 2 N–H and O–H groups in total. The highest BCUT2D eigenvalue weighted by Crippen LogP contribution is 2.34. The number of nitrogens with one attached hydrogen (secondary N) is 2. The Kier molecular flexibility index (Phi) is 6.10. The predicted molar refractivity (Wildman–Crippen MR) is 125 cm³/mol. The third-order valence-electron chi connectivity index (χ3n) is 5.19. The molecule has 0 radical (unpaired) electrons. The molecule has 3 aromatic heterocycles. The monoisotopic (exact) mass is 449 g/mol. The second-order valence-electron chi connectivity index (χ2n) is 7.76. The largest absolute Gasteiger partial charge is 0.486 e. The van der Waals surface area contributed by atoms with Gasteiger partial charge in [0.25, 0.3) is 0 Å². The van der Waals surface area contributed by atoms with E-state index in [0.717, 1.165) is 44.7 Å². The molecule has 1 amide bonds. The van der Waals surface area contributed by atoms with Gasteiger partial charge in [-0.2, -0.15) is 5.10 Å². The Balaban J connectivity index is 1.72. The zero-order valence-electron chi connectivity index (χ0n) is 18.4. The minimum atomic E-state index is -0.133. The van der Waals surface area contributed by atoms with Crippen molar-refractivity contribution >= 4 is 28.4 Å². The van der Waals surface area contributed by atoms with Crippen molar-refractivity contribution in [1.29, 1.82) is 0 Å². The van der Waals surface area contributed by atoms with Crippen LogP contribution in [0.3, 0.4) is 0 Å². The van der Waals surface area contributed by atoms with Gasteiger partial charge in [0.1, 0.15) is 17.9 Å². The molecule has 164 valence electrons. The first-order valence-corrected chi connectivity index (χ1v) is 10.6. The number of aromatic amines is 1. The first-order chi connectivity index (χ1) is 15.3. The van der Waals surface area contributed by atoms with Crippen LogP contribution >= 0.6 is 11.6 Å². The van der Waals surface area contributed by atoms with E-state index in [9.17, 15) is 4.79 Å². The summed E-state index contributed by atoms with van der Waals surface area (Å²) < 4.78 is 6.21. The quantitative estimate of drug-likeness (QED) is 0.440. The summed E-state index contributed by atoms with van der Waals surface area (Å²) in [5, 5.41) is 11.5. The van der Waals surface area contributed by atoms with Crippen LogP contribution in [0.15, 0.2) is 36.5 Å². The van der Waals surface area contributed by atoms with Crippen LogP contribution in [0.5, 0.6) is 5.75 Å². The van der Waals surface area contributed by atoms with Gasteiger partial charge in [0.15, 0.2) is 0 Å². The molecule has 8 heteroatoms. The van der Waals surface area contributed by atoms with Gasteiger partial charge >= 0.3 is 0 Å². The van der Waals surface area contributed by atoms with Gasteiger partial charge in [-0.05, 0) is 44.5 Å². The summed E-state index contributed by atoms with van der Waals surface area (Å²) in [5.41, 5.74) is 6.87. The summed E-state index contributed by atoms with van der Waals surface area (Å²) in [4.78, 5) is 20.7. The van der Waals surface area contributed by atoms with Gasteiger partial charge in [-0.3, -0.25) is 14.9 Å². The Labute approximate surface area is 191 Å². The number of hydrogen-bond donors (Lipinski definition) is 2. The number of rotatable bonds is 6. The minimum Gasteiger partial charge on any atom is -0.486 e. The molecule has 4 aromatic rings. The third-order valence-corrected chi connectivity index (χ3v) is 5.53. The Hall–Kier alpha value is -3.45. The molecular weight excluding hydrogens is 426 g/mol. The SMILES string of the molecule is CC(=O)NCc1nc(C)cc(Cl)c1COc1cccc2c(-c3[nH]ncc3C)cc(C)nc12. The van der Waals surface area contributed by atoms with Gasteiger partial charge in [0.05, 0.1) is 29.2 Å². The molecule has 0 saturated carbocycles. The molecular formula is C24H24ClN5O2. The Bertz CT molecular complexity index is 1320. The molecule has 3 heterocycles. The lowest BCUT2D eigenvalue weighted by Crippen LogP contribution is -2.21. The third kappa shape index (κ3) is 4.43. The zero-order chi connectivity index (χ0) is 22.8. The van der Waals surface area contributed by atoms with Crippen molar-refractivity contribution in [2.75, 3.05) is 0 Å². The second kappa shape index (κ2) is 8.96. The van der Waals surface area contributed by atoms with Crippen molar-refractivity contribution in [1.82, 2.24) is 25.5 Å². The van der Waals surface area contributed by atoms with Gasteiger partial charge in [-0.1, -0.05) is 23.7 Å². The fourth-order valence-electron chi connectivity index (χ4n) is 3.67. The van der Waals surface area contributed by atoms with Crippen molar-refractivity contribution in [2.45, 2.75) is 40.8 Å². The van der Waals surface area contributed by atoms with E-state index in [1.807, 2.05) is 45.0 Å². The van der Waals surface area contributed by atoms with Crippen LogP contribution in [0.4, 0.5) is 0 Å². The Morgan fingerprint density at radius 2 is 1.94 bits per heavy atom. The van der Waals surface area contributed by atoms with E-state index >= 15 is 0 Å². The number of aryl methyl sites for hydroxylation is 3. The van der Waals surface area contributed by atoms with Crippen LogP contribution in [0.25, 0.3) is 22.2 Å². The van der Waals surface area contributed by atoms with E-state index in [2.05, 4.69) is 20.5 Å². The number of H-pyrrole nitrogens is 1. The highest BCUT2D eigenvalue weighted by atomic mass is 35.5. The summed E-state index contributed by atoms with van der Waals surface area (Å²) >= 11 is 6.51. The molecule has 0 unspecified atom stereocenters. The number of fused-ring (bicyclic) bond motifs is 1. The van der Waals surface area contributed by atoms with E-state index in [1.54, 1.807) is 12.3 Å². The van der Waals surface area contributed by atoms with Crippen molar-refractivity contribution < 1.29 is 9.53 Å². The fourth-order valence-corrected chi connectivity index (χ4v) is 3.99. The van der Waals surface area contributed by atoms with Crippen LogP contribution < -0.4 is 10.1 Å². The number of pyridine rings is 2. The average molecular weight is 450 g/mol. The number of carbonyl (C=O) groups is 1. The van der Waals surface area contributed by atoms with Gasteiger partial charge in [-0.25, -0.2) is 4.98 Å². The molecule has 0 aliphatic carbocycles. The van der Waals surface area contributed by atoms with Crippen molar-refractivity contribution in [3.05, 3.63) is 69.8 Å². The van der Waals surface area contributed by atoms with Crippen LogP contribution in [0, 0.1) is 20.8 Å². The number of hydrogen-bond acceptors (Lipinski definition) is 5. The van der Waals surface area contributed by atoms with Crippen LogP contribution in [0.1, 0.15) is 35.1 Å². The maximum atomic E-state index is 11.4. The number of benzene rings is 1. The average Bonchev–Trinajstić information content (AvgIpc) is 3.16. The molecule has 7 nitrogen and oxygen atoms in total. The van der Waals surface area contributed by atoms with Crippen LogP contribution in [-0.2, 0) is 17.9 Å². The maximum absolute atomic E-state index is 11.4. The second-order valence-corrected chi connectivity index (χ2v) is 8.17. The van der Waals surface area contributed by atoms with E-state index < -0.39 is 0 Å². The molecule has 4 rings (SSSR count). The highest BCUT2D eigenvalue weighted by Gasteiger charge is 2.16. The molecule has 0 aliphatic heterocycles. The fraction of sp³-hybridized carbons (Fsp3) is 0.250. The molecule has 32 heavy (non-hydrogen) atoms. The highest BCUT2D eigenvalue weighted by molar-refractivity contribution is 6.31. The topological polar surface area (TPSA) is 92.8 Å². The smallest absolute Gasteiger partial charge is 0.217 e. The van der Waals surface area contributed by atoms with Crippen molar-refractivity contribution in [3.63, 3.8) is 0 Å². The number of halogens is 1. The standard InChI is InChI=1S/C24H24ClN5O2/c1-13-10-27-30-23(13)18-8-14(2)29-24-17(18)6-5-7-22(24)32-12-19-20(25)9-15(3)28-21(19)11-26-16(4)31/h5-10H,11-12H2,1-4H3,(H,26,31)(H,27,30). The molecule has 0 saturated heterocycles. The van der Waals surface area contributed by atoms with Crippen LogP contribution in [0.2, 0.25) is 5.02 Å². The first-order valence-electron chi connectivity index (χ1n) is 10.3. The number of aromatic nitrogens is 4. The Morgan fingerprint density at radius 3 is 2.66 bits per heavy atom. The number of nitrogens with zero attached hydrogens (tertiary/aromatic N) is 3. The normalized spacial score (nSPS) is 11.0. The number of carbonyl (C=O) groups excluding carboxylic acids is 1. The first kappa shape index (κ1) is 21.8. The minimum absolute atomic E-state index is 0.133. The number of para-hydroxylation sites is 1. The molecule has 1 aromatic carbocycles. The molecule has 0 atom stereocenters. The lowest BCUT2D eigenvalue weighted by atomic mass is 10.0. The molecule has 0 bridgehead atoms. The lowest BCUT2D eigenvalue weighted by Gasteiger charge is -2.15. The Morgan fingerprint density at radius 1 is 1.16 bits per heavy atom. The summed E-state index contributed by atoms with van der Waals surface area (Å²) in [5.74, 6) is 0.512. The van der Waals surface area contributed by atoms with Gasteiger partial charge in [-0.15, -0.1) is 0 Å². The predicted octanol–water partition coefficient (Wildman–Crippen LogP) is 4.81. The summed E-state index contributed by atoms with van der Waals surface area (Å²) in [6, 6.07) is 9.69. The lowest BCUT2D eigenvalue weighted by molar-refractivity contribution is -0.119. The summed E-state index contributed by atoms with van der Waals surface area (Å²) in [7, 11) is 0. The van der Waals surface area contributed by atoms with Gasteiger partial charge in [0, 0.05) is 34.8 Å².